The highest BCUT2D eigenvalue weighted by molar-refractivity contribution is 8.01. The first-order valence-electron chi connectivity index (χ1n) is 8.41. The normalized spacial score (nSPS) is 12.4. The molecule has 0 saturated carbocycles. The van der Waals surface area contributed by atoms with Gasteiger partial charge in [0, 0.05) is 20.0 Å². The van der Waals surface area contributed by atoms with Crippen molar-refractivity contribution >= 4 is 34.5 Å². The first kappa shape index (κ1) is 20.8. The highest BCUT2D eigenvalue weighted by Gasteiger charge is 2.29. The van der Waals surface area contributed by atoms with Crippen LogP contribution in [0.1, 0.15) is 39.4 Å². The Kier molecular flexibility index (Phi) is 6.19. The zero-order valence-electron chi connectivity index (χ0n) is 16.1. The molecule has 9 nitrogen and oxygen atoms in total. The Morgan fingerprint density at radius 2 is 1.78 bits per heavy atom. The lowest BCUT2D eigenvalue weighted by Gasteiger charge is -2.16. The molecule has 0 radical (unpaired) electrons. The Balaban J connectivity index is 2.81. The number of aromatic nitrogens is 4. The van der Waals surface area contributed by atoms with Crippen molar-refractivity contribution in [3.63, 3.8) is 0 Å². The second-order valence-electron chi connectivity index (χ2n) is 6.31. The van der Waals surface area contributed by atoms with Crippen LogP contribution in [0.3, 0.4) is 0 Å². The number of thioether (sulfide) groups is 1. The first-order valence-corrected chi connectivity index (χ1v) is 9.29. The third kappa shape index (κ3) is 3.95. The molecule has 0 fully saturated rings. The van der Waals surface area contributed by atoms with E-state index in [1.807, 2.05) is 13.8 Å². The second kappa shape index (κ2) is 8.03. The summed E-state index contributed by atoms with van der Waals surface area (Å²) >= 11 is 0.839. The van der Waals surface area contributed by atoms with Gasteiger partial charge in [-0.1, -0.05) is 25.6 Å². The number of fused-ring (bicyclic) bond motifs is 1. The number of ketones is 1. The van der Waals surface area contributed by atoms with E-state index in [1.165, 1.54) is 25.6 Å². The van der Waals surface area contributed by atoms with E-state index in [2.05, 4.69) is 9.97 Å². The summed E-state index contributed by atoms with van der Waals surface area (Å²) in [4.78, 5) is 57.9. The fraction of sp³-hybridized carbons (Fsp3) is 0.529. The Morgan fingerprint density at radius 3 is 2.30 bits per heavy atom. The fourth-order valence-corrected chi connectivity index (χ4v) is 3.41. The molecule has 0 bridgehead atoms. The molecule has 2 aromatic heterocycles. The van der Waals surface area contributed by atoms with Gasteiger partial charge in [0.25, 0.3) is 5.56 Å². The smallest absolute Gasteiger partial charge is 0.332 e. The summed E-state index contributed by atoms with van der Waals surface area (Å²) in [5.41, 5.74) is -0.946. The Hall–Kier alpha value is -2.49. The molecular formula is C17H22N4O5S. The van der Waals surface area contributed by atoms with Gasteiger partial charge >= 0.3 is 11.7 Å². The van der Waals surface area contributed by atoms with Gasteiger partial charge in [-0.3, -0.25) is 23.5 Å². The molecule has 0 aliphatic rings. The number of hydrogen-bond donors (Lipinski definition) is 0. The minimum absolute atomic E-state index is 0.0875. The lowest BCUT2D eigenvalue weighted by Crippen LogP contribution is -2.38. The van der Waals surface area contributed by atoms with Crippen LogP contribution in [0.2, 0.25) is 0 Å². The number of hydrogen-bond acceptors (Lipinski definition) is 8. The molecule has 0 amide bonds. The number of nitrogens with zero attached hydrogens (tertiary/aromatic N) is 4. The molecule has 0 unspecified atom stereocenters. The van der Waals surface area contributed by atoms with Gasteiger partial charge in [-0.15, -0.1) is 0 Å². The summed E-state index contributed by atoms with van der Waals surface area (Å²) in [5.74, 6) is -0.807. The summed E-state index contributed by atoms with van der Waals surface area (Å²) in [6.45, 7) is 6.77. The van der Waals surface area contributed by atoms with Gasteiger partial charge in [-0.05, 0) is 13.8 Å². The van der Waals surface area contributed by atoms with E-state index in [0.29, 0.717) is 5.82 Å². The average molecular weight is 394 g/mol. The van der Waals surface area contributed by atoms with E-state index in [9.17, 15) is 19.2 Å². The Morgan fingerprint density at radius 1 is 1.15 bits per heavy atom. The molecular weight excluding hydrogens is 372 g/mol. The molecule has 2 heterocycles. The SMILES string of the molecule is CCOC(=O)[C@H](Sc1nc(C(C)C)nc2c1c(=O)n(C)c(=O)n2C)C(C)=O. The van der Waals surface area contributed by atoms with Gasteiger partial charge in [-0.25, -0.2) is 14.8 Å². The third-order valence-corrected chi connectivity index (χ3v) is 5.18. The van der Waals surface area contributed by atoms with Crippen molar-refractivity contribution in [1.29, 1.82) is 0 Å². The summed E-state index contributed by atoms with van der Waals surface area (Å²) < 4.78 is 7.16. The first-order chi connectivity index (χ1) is 12.6. The van der Waals surface area contributed by atoms with Crippen molar-refractivity contribution in [3.05, 3.63) is 26.7 Å². The molecule has 146 valence electrons. The zero-order chi connectivity index (χ0) is 20.5. The molecule has 2 rings (SSSR count). The number of esters is 1. The predicted molar refractivity (Wildman–Crippen MR) is 101 cm³/mol. The molecule has 10 heteroatoms. The zero-order valence-corrected chi connectivity index (χ0v) is 16.9. The molecule has 0 aliphatic heterocycles. The molecule has 0 spiro atoms. The lowest BCUT2D eigenvalue weighted by molar-refractivity contribution is -0.144. The van der Waals surface area contributed by atoms with Crippen LogP contribution in [0, 0.1) is 0 Å². The minimum atomic E-state index is -1.16. The lowest BCUT2D eigenvalue weighted by atomic mass is 10.2. The largest absolute Gasteiger partial charge is 0.465 e. The van der Waals surface area contributed by atoms with Crippen molar-refractivity contribution in [3.8, 4) is 0 Å². The van der Waals surface area contributed by atoms with Crippen LogP contribution in [0.25, 0.3) is 11.0 Å². The van der Waals surface area contributed by atoms with E-state index in [4.69, 9.17) is 4.74 Å². The van der Waals surface area contributed by atoms with Crippen LogP contribution in [-0.4, -0.2) is 42.7 Å². The van der Waals surface area contributed by atoms with Crippen molar-refractivity contribution in [2.24, 2.45) is 14.1 Å². The summed E-state index contributed by atoms with van der Waals surface area (Å²) in [5, 5.41) is -0.900. The molecule has 0 saturated heterocycles. The number of carbonyl (C=O) groups excluding carboxylic acids is 2. The average Bonchev–Trinajstić information content (AvgIpc) is 2.61. The Bertz CT molecular complexity index is 1020. The van der Waals surface area contributed by atoms with Gasteiger partial charge in [-0.2, -0.15) is 0 Å². The predicted octanol–water partition coefficient (Wildman–Crippen LogP) is 0.763. The molecule has 27 heavy (non-hydrogen) atoms. The van der Waals surface area contributed by atoms with Crippen LogP contribution in [0.15, 0.2) is 14.6 Å². The topological polar surface area (TPSA) is 113 Å². The maximum Gasteiger partial charge on any atom is 0.332 e. The van der Waals surface area contributed by atoms with E-state index in [1.54, 1.807) is 6.92 Å². The van der Waals surface area contributed by atoms with Crippen molar-refractivity contribution in [2.45, 2.75) is 43.9 Å². The van der Waals surface area contributed by atoms with E-state index >= 15 is 0 Å². The van der Waals surface area contributed by atoms with Crippen LogP contribution < -0.4 is 11.2 Å². The van der Waals surface area contributed by atoms with Crippen molar-refractivity contribution in [1.82, 2.24) is 19.1 Å². The van der Waals surface area contributed by atoms with Gasteiger partial charge in [0.1, 0.15) is 16.2 Å². The molecule has 0 aromatic carbocycles. The third-order valence-electron chi connectivity index (χ3n) is 3.90. The molecule has 1 atom stereocenters. The van der Waals surface area contributed by atoms with Gasteiger partial charge < -0.3 is 4.74 Å². The maximum absolute atomic E-state index is 12.7. The fourth-order valence-electron chi connectivity index (χ4n) is 2.42. The minimum Gasteiger partial charge on any atom is -0.465 e. The van der Waals surface area contributed by atoms with E-state index < -0.39 is 28.3 Å². The van der Waals surface area contributed by atoms with Gasteiger partial charge in [0.2, 0.25) is 0 Å². The summed E-state index contributed by atoms with van der Waals surface area (Å²) in [7, 11) is 2.85. The molecule has 0 N–H and O–H groups in total. The quantitative estimate of drug-likeness (QED) is 0.305. The highest BCUT2D eigenvalue weighted by atomic mass is 32.2. The van der Waals surface area contributed by atoms with Gasteiger partial charge in [0.15, 0.2) is 16.7 Å². The van der Waals surface area contributed by atoms with Crippen molar-refractivity contribution < 1.29 is 14.3 Å². The number of aryl methyl sites for hydroxylation is 1. The summed E-state index contributed by atoms with van der Waals surface area (Å²) in [6, 6.07) is 0. The molecule has 0 aliphatic carbocycles. The van der Waals surface area contributed by atoms with Crippen LogP contribution in [-0.2, 0) is 28.4 Å². The second-order valence-corrected chi connectivity index (χ2v) is 7.40. The Labute approximate surface area is 159 Å². The highest BCUT2D eigenvalue weighted by Crippen LogP contribution is 2.29. The van der Waals surface area contributed by atoms with Gasteiger partial charge in [0.05, 0.1) is 6.61 Å². The number of carbonyl (C=O) groups is 2. The van der Waals surface area contributed by atoms with Crippen LogP contribution >= 0.6 is 11.8 Å². The van der Waals surface area contributed by atoms with Crippen LogP contribution in [0.5, 0.6) is 0 Å². The number of Topliss-reactive ketones (excluding diaryl/α,β-unsaturated/α-hetero) is 1. The summed E-state index contributed by atoms with van der Waals surface area (Å²) in [6.07, 6.45) is 0. The molecule has 2 aromatic rings. The number of rotatable bonds is 6. The van der Waals surface area contributed by atoms with Crippen LogP contribution in [0.4, 0.5) is 0 Å². The monoisotopic (exact) mass is 394 g/mol. The van der Waals surface area contributed by atoms with E-state index in [-0.39, 0.29) is 28.6 Å². The maximum atomic E-state index is 12.7. The standard InChI is InChI=1S/C17H22N4O5S/c1-7-26-16(24)11(9(4)22)27-14-10-13(18-12(19-14)8(2)3)20(5)17(25)21(6)15(10)23/h8,11H,7H2,1-6H3/t11-/m1/s1. The van der Waals surface area contributed by atoms with E-state index in [0.717, 1.165) is 16.3 Å². The van der Waals surface area contributed by atoms with Crippen molar-refractivity contribution in [2.75, 3.05) is 6.61 Å². The number of ether oxygens (including phenoxy) is 1.